The van der Waals surface area contributed by atoms with Crippen LogP contribution < -0.4 is 19.8 Å². The van der Waals surface area contributed by atoms with Gasteiger partial charge >= 0.3 is 12.6 Å². The minimum Gasteiger partial charge on any atom is -0.489 e. The smallest absolute Gasteiger partial charge is 0.387 e. The Bertz CT molecular complexity index is 971. The summed E-state index contributed by atoms with van der Waals surface area (Å²) in [6.45, 7) is -1.88. The first-order valence-electron chi connectivity index (χ1n) is 10.5. The zero-order valence-electron chi connectivity index (χ0n) is 17.5. The van der Waals surface area contributed by atoms with Crippen LogP contribution in [0.15, 0.2) is 30.6 Å². The number of benzene rings is 1. The van der Waals surface area contributed by atoms with Crippen molar-refractivity contribution < 1.29 is 32.8 Å². The van der Waals surface area contributed by atoms with Gasteiger partial charge in [-0.3, -0.25) is 5.32 Å². The Morgan fingerprint density at radius 3 is 2.61 bits per heavy atom. The molecule has 178 valence electrons. The quantitative estimate of drug-likeness (QED) is 0.459. The predicted octanol–water partition coefficient (Wildman–Crippen LogP) is 4.69. The Morgan fingerprint density at radius 2 is 1.97 bits per heavy atom. The summed E-state index contributed by atoms with van der Waals surface area (Å²) < 4.78 is 42.1. The molecule has 1 aliphatic heterocycles. The highest BCUT2D eigenvalue weighted by molar-refractivity contribution is 8.00. The number of halogens is 4. The van der Waals surface area contributed by atoms with E-state index >= 15 is 0 Å². The molecule has 2 fully saturated rings. The normalized spacial score (nSPS) is 18.9. The summed E-state index contributed by atoms with van der Waals surface area (Å²) in [5.41, 5.74) is 1.15. The fraction of sp³-hybridized carbons (Fsp3) is 0.455. The summed E-state index contributed by atoms with van der Waals surface area (Å²) in [5.74, 6) is 0.886. The summed E-state index contributed by atoms with van der Waals surface area (Å²) in [6, 6.07) is 4.55. The monoisotopic (exact) mass is 519 g/mol. The number of carbonyl (C=O) groups excluding carboxylic acids is 1. The molecule has 2 aromatic rings. The first-order valence-corrected chi connectivity index (χ1v) is 12.3. The van der Waals surface area contributed by atoms with E-state index in [4.69, 9.17) is 32.7 Å². The number of hydrogen-bond acceptors (Lipinski definition) is 6. The number of carbonyl (C=O) groups is 1. The van der Waals surface area contributed by atoms with E-state index in [1.165, 1.54) is 17.8 Å². The molecule has 2 atom stereocenters. The highest BCUT2D eigenvalue weighted by atomic mass is 35.5. The molecule has 4 rings (SSSR count). The lowest BCUT2D eigenvalue weighted by atomic mass is 10.0. The molecule has 1 aromatic heterocycles. The number of H-pyrrole nitrogens is 1. The van der Waals surface area contributed by atoms with Gasteiger partial charge in [0.25, 0.3) is 0 Å². The molecule has 2 aliphatic rings. The van der Waals surface area contributed by atoms with Crippen molar-refractivity contribution in [2.45, 2.75) is 37.4 Å². The molecular formula is C22H23Cl2F2N2O4S+. The van der Waals surface area contributed by atoms with Gasteiger partial charge in [-0.05, 0) is 36.5 Å². The summed E-state index contributed by atoms with van der Waals surface area (Å²) in [5, 5.41) is 3.38. The van der Waals surface area contributed by atoms with Crippen molar-refractivity contribution in [3.8, 4) is 11.5 Å². The Labute approximate surface area is 204 Å². The third-order valence-electron chi connectivity index (χ3n) is 5.30. The Kier molecular flexibility index (Phi) is 8.16. The Hall–Kier alpha value is -1.81. The van der Waals surface area contributed by atoms with Gasteiger partial charge in [0.15, 0.2) is 29.3 Å². The number of nitrogens with one attached hydrogen (secondary N) is 2. The van der Waals surface area contributed by atoms with Crippen LogP contribution in [0.4, 0.5) is 8.78 Å². The summed E-state index contributed by atoms with van der Waals surface area (Å²) >= 11 is 14.1. The molecule has 1 aromatic carbocycles. The molecule has 1 aliphatic carbocycles. The standard InChI is InChI=1S/C22H22Cl2F2N2O4S/c23-15-9-27-10-16(24)14(15)8-18(31-21(29)20-28-5-6-33-20)13-3-4-17(32-22(25)26)19(7-13)30-11-12-1-2-12/h3-4,7,9-10,12,18,20,22,28H,1-2,5-6,8,11H2/p+1/t18-,20+/m1/s1. The molecule has 0 spiro atoms. The average Bonchev–Trinajstić information content (AvgIpc) is 3.44. The van der Waals surface area contributed by atoms with E-state index in [0.29, 0.717) is 40.2 Å². The van der Waals surface area contributed by atoms with E-state index in [2.05, 4.69) is 15.0 Å². The van der Waals surface area contributed by atoms with Crippen LogP contribution in [-0.4, -0.2) is 36.9 Å². The number of ether oxygens (including phenoxy) is 3. The third-order valence-corrected chi connectivity index (χ3v) is 7.11. The summed E-state index contributed by atoms with van der Waals surface area (Å²) in [6.07, 6.45) is 4.66. The maximum Gasteiger partial charge on any atom is 0.387 e. The van der Waals surface area contributed by atoms with E-state index < -0.39 is 24.1 Å². The molecule has 0 bridgehead atoms. The van der Waals surface area contributed by atoms with Crippen molar-refractivity contribution in [1.82, 2.24) is 5.32 Å². The molecule has 1 saturated heterocycles. The Morgan fingerprint density at radius 1 is 1.21 bits per heavy atom. The highest BCUT2D eigenvalue weighted by Gasteiger charge is 2.30. The lowest BCUT2D eigenvalue weighted by Crippen LogP contribution is -2.32. The van der Waals surface area contributed by atoms with Crippen molar-refractivity contribution in [2.75, 3.05) is 18.9 Å². The van der Waals surface area contributed by atoms with Crippen molar-refractivity contribution in [1.29, 1.82) is 0 Å². The molecule has 6 nitrogen and oxygen atoms in total. The van der Waals surface area contributed by atoms with Gasteiger partial charge < -0.3 is 14.2 Å². The van der Waals surface area contributed by atoms with Gasteiger partial charge in [-0.15, -0.1) is 11.8 Å². The number of thioether (sulfide) groups is 1. The number of hydrogen-bond donors (Lipinski definition) is 1. The van der Waals surface area contributed by atoms with Crippen LogP contribution in [0.5, 0.6) is 11.5 Å². The molecule has 0 amide bonds. The molecule has 33 heavy (non-hydrogen) atoms. The van der Waals surface area contributed by atoms with Crippen molar-refractivity contribution in [3.05, 3.63) is 51.8 Å². The highest BCUT2D eigenvalue weighted by Crippen LogP contribution is 2.38. The van der Waals surface area contributed by atoms with Crippen molar-refractivity contribution in [3.63, 3.8) is 0 Å². The van der Waals surface area contributed by atoms with E-state index in [0.717, 1.165) is 18.6 Å². The minimum absolute atomic E-state index is 0.0714. The van der Waals surface area contributed by atoms with E-state index in [1.54, 1.807) is 24.5 Å². The van der Waals surface area contributed by atoms with Gasteiger partial charge in [-0.25, -0.2) is 9.78 Å². The zero-order chi connectivity index (χ0) is 23.4. The van der Waals surface area contributed by atoms with Crippen LogP contribution in [0, 0.1) is 5.92 Å². The Balaban J connectivity index is 1.63. The fourth-order valence-corrected chi connectivity index (χ4v) is 4.82. The number of aromatic nitrogens is 1. The van der Waals surface area contributed by atoms with E-state index in [9.17, 15) is 13.6 Å². The van der Waals surface area contributed by atoms with Gasteiger partial charge in [0.1, 0.15) is 16.1 Å². The average molecular weight is 520 g/mol. The molecular weight excluding hydrogens is 497 g/mol. The predicted molar refractivity (Wildman–Crippen MR) is 121 cm³/mol. The van der Waals surface area contributed by atoms with Crippen LogP contribution in [0.3, 0.4) is 0 Å². The third kappa shape index (κ3) is 6.62. The minimum atomic E-state index is -2.99. The summed E-state index contributed by atoms with van der Waals surface area (Å²) in [7, 11) is 0. The van der Waals surface area contributed by atoms with Gasteiger partial charge in [-0.1, -0.05) is 29.3 Å². The van der Waals surface area contributed by atoms with Gasteiger partial charge in [0, 0.05) is 24.3 Å². The number of alkyl halides is 2. The second kappa shape index (κ2) is 11.1. The van der Waals surface area contributed by atoms with Crippen molar-refractivity contribution in [2.24, 2.45) is 5.92 Å². The SMILES string of the molecule is O=C(O[C@H](Cc1c(Cl)c[nH+]cc1Cl)c1ccc(OC(F)F)c(OCC2CC2)c1)[C@H]1NCCS1. The summed E-state index contributed by atoms with van der Waals surface area (Å²) in [4.78, 5) is 15.6. The second-order valence-electron chi connectivity index (χ2n) is 7.80. The number of aromatic amines is 1. The maximum atomic E-state index is 12.9. The largest absolute Gasteiger partial charge is 0.489 e. The number of esters is 1. The van der Waals surface area contributed by atoms with Gasteiger partial charge in [0.05, 0.1) is 6.61 Å². The number of pyridine rings is 1. The lowest BCUT2D eigenvalue weighted by molar-refractivity contribution is -0.377. The fourth-order valence-electron chi connectivity index (χ4n) is 3.39. The first kappa shape index (κ1) is 24.3. The van der Waals surface area contributed by atoms with Gasteiger partial charge in [-0.2, -0.15) is 8.78 Å². The maximum absolute atomic E-state index is 12.9. The molecule has 2 N–H and O–H groups in total. The topological polar surface area (TPSA) is 70.9 Å². The van der Waals surface area contributed by atoms with Crippen LogP contribution in [0.25, 0.3) is 0 Å². The van der Waals surface area contributed by atoms with Crippen LogP contribution in [0.1, 0.15) is 30.1 Å². The molecule has 1 saturated carbocycles. The van der Waals surface area contributed by atoms with Crippen molar-refractivity contribution >= 4 is 40.9 Å². The van der Waals surface area contributed by atoms with Crippen LogP contribution in [0.2, 0.25) is 10.0 Å². The van der Waals surface area contributed by atoms with Crippen LogP contribution in [-0.2, 0) is 16.0 Å². The zero-order valence-corrected chi connectivity index (χ0v) is 19.8. The van der Waals surface area contributed by atoms with E-state index in [1.807, 2.05) is 0 Å². The van der Waals surface area contributed by atoms with E-state index in [-0.39, 0.29) is 17.9 Å². The lowest BCUT2D eigenvalue weighted by Gasteiger charge is -2.22. The van der Waals surface area contributed by atoms with Crippen LogP contribution >= 0.6 is 35.0 Å². The molecule has 0 radical (unpaired) electrons. The first-order chi connectivity index (χ1) is 15.9. The molecule has 0 unspecified atom stereocenters. The second-order valence-corrected chi connectivity index (χ2v) is 9.83. The van der Waals surface area contributed by atoms with Gasteiger partial charge in [0.2, 0.25) is 0 Å². The molecule has 11 heteroatoms. The number of rotatable bonds is 10. The molecule has 2 heterocycles.